The molecule has 1 saturated carbocycles. The molecule has 2 aliphatic rings. The van der Waals surface area contributed by atoms with E-state index in [4.69, 9.17) is 0 Å². The van der Waals surface area contributed by atoms with Gasteiger partial charge in [-0.1, -0.05) is 6.07 Å². The van der Waals surface area contributed by atoms with Crippen LogP contribution in [0.15, 0.2) is 22.0 Å². The molecule has 110 valence electrons. The van der Waals surface area contributed by atoms with Gasteiger partial charge >= 0.3 is 0 Å². The summed E-state index contributed by atoms with van der Waals surface area (Å²) < 4.78 is 0.867. The lowest BCUT2D eigenvalue weighted by atomic mass is 10.2. The Kier molecular flexibility index (Phi) is 3.38. The number of nitrogens with zero attached hydrogens (tertiary/aromatic N) is 2. The van der Waals surface area contributed by atoms with Crippen LogP contribution in [-0.2, 0) is 0 Å². The van der Waals surface area contributed by atoms with Crippen molar-refractivity contribution >= 4 is 33.2 Å². The minimum Gasteiger partial charge on any atom is -0.329 e. The van der Waals surface area contributed by atoms with E-state index in [2.05, 4.69) is 43.6 Å². The van der Waals surface area contributed by atoms with Gasteiger partial charge in [-0.25, -0.2) is 0 Å². The number of halogens is 1. The van der Waals surface area contributed by atoms with E-state index in [1.165, 1.54) is 17.7 Å². The lowest BCUT2D eigenvalue weighted by Crippen LogP contribution is -2.30. The van der Waals surface area contributed by atoms with Crippen molar-refractivity contribution in [2.75, 3.05) is 6.54 Å². The molecule has 1 saturated heterocycles. The van der Waals surface area contributed by atoms with Crippen molar-refractivity contribution in [3.63, 3.8) is 0 Å². The minimum absolute atomic E-state index is 0.0425. The summed E-state index contributed by atoms with van der Waals surface area (Å²) in [6.45, 7) is 0.819. The summed E-state index contributed by atoms with van der Waals surface area (Å²) in [6, 6.07) is 4.39. The Morgan fingerprint density at radius 3 is 3.00 bits per heavy atom. The maximum Gasteiger partial charge on any atom is 0.276 e. The predicted octanol–water partition coefficient (Wildman–Crippen LogP) is 4.09. The number of aromatic nitrogens is 2. The molecule has 0 spiro atoms. The van der Waals surface area contributed by atoms with Crippen molar-refractivity contribution in [3.8, 4) is 0 Å². The Hall–Kier alpha value is -1.14. The van der Waals surface area contributed by atoms with Gasteiger partial charge in [-0.15, -0.1) is 11.3 Å². The van der Waals surface area contributed by atoms with Crippen LogP contribution in [0.5, 0.6) is 0 Å². The lowest BCUT2D eigenvalue weighted by molar-refractivity contribution is 0.0731. The number of hydrogen-bond acceptors (Lipinski definition) is 3. The van der Waals surface area contributed by atoms with Gasteiger partial charge in [0, 0.05) is 17.3 Å². The molecule has 1 amide bonds. The molecule has 0 unspecified atom stereocenters. The first-order valence-electron chi connectivity index (χ1n) is 7.34. The topological polar surface area (TPSA) is 49.0 Å². The minimum atomic E-state index is 0.0425. The molecule has 2 aromatic rings. The quantitative estimate of drug-likeness (QED) is 0.890. The van der Waals surface area contributed by atoms with Crippen LogP contribution in [0.3, 0.4) is 0 Å². The third-order valence-electron chi connectivity index (χ3n) is 4.31. The van der Waals surface area contributed by atoms with E-state index in [-0.39, 0.29) is 11.9 Å². The highest BCUT2D eigenvalue weighted by Crippen LogP contribution is 2.43. The maximum absolute atomic E-state index is 12.8. The van der Waals surface area contributed by atoms with Gasteiger partial charge in [-0.05, 0) is 53.1 Å². The van der Waals surface area contributed by atoms with E-state index in [9.17, 15) is 4.79 Å². The highest BCUT2D eigenvalue weighted by Gasteiger charge is 2.35. The number of likely N-dealkylation sites (tertiary alicyclic amines) is 1. The summed E-state index contributed by atoms with van der Waals surface area (Å²) >= 11 is 5.30. The largest absolute Gasteiger partial charge is 0.329 e. The van der Waals surface area contributed by atoms with E-state index < -0.39 is 0 Å². The fraction of sp³-hybridized carbons (Fsp3) is 0.467. The van der Waals surface area contributed by atoms with Crippen molar-refractivity contribution in [2.45, 2.75) is 37.6 Å². The number of H-pyrrole nitrogens is 1. The second-order valence-corrected chi connectivity index (χ2v) is 7.52. The number of thiophene rings is 1. The fourth-order valence-corrected chi connectivity index (χ4v) is 4.59. The Morgan fingerprint density at radius 2 is 2.29 bits per heavy atom. The molecule has 3 heterocycles. The van der Waals surface area contributed by atoms with Crippen LogP contribution in [-0.4, -0.2) is 27.5 Å². The molecule has 4 nitrogen and oxygen atoms in total. The van der Waals surface area contributed by atoms with Crippen molar-refractivity contribution in [1.29, 1.82) is 0 Å². The summed E-state index contributed by atoms with van der Waals surface area (Å²) in [4.78, 5) is 16.1. The monoisotopic (exact) mass is 365 g/mol. The lowest BCUT2D eigenvalue weighted by Gasteiger charge is -2.23. The molecule has 0 radical (unpaired) electrons. The molecule has 6 heteroatoms. The molecular formula is C15H16BrN3OS. The number of aromatic amines is 1. The van der Waals surface area contributed by atoms with Crippen LogP contribution in [0.1, 0.15) is 58.7 Å². The van der Waals surface area contributed by atoms with Crippen molar-refractivity contribution < 1.29 is 4.79 Å². The van der Waals surface area contributed by atoms with Gasteiger partial charge in [0.25, 0.3) is 5.91 Å². The number of amides is 1. The number of carbonyl (C=O) groups is 1. The first-order chi connectivity index (χ1) is 10.3. The molecule has 0 aromatic carbocycles. The Morgan fingerprint density at radius 1 is 1.43 bits per heavy atom. The molecule has 2 fully saturated rings. The molecule has 4 rings (SSSR count). The zero-order valence-electron chi connectivity index (χ0n) is 11.5. The third kappa shape index (κ3) is 2.34. The Bertz CT molecular complexity index is 663. The molecule has 21 heavy (non-hydrogen) atoms. The normalized spacial score (nSPS) is 22.0. The number of hydrogen-bond donors (Lipinski definition) is 1. The van der Waals surface area contributed by atoms with Crippen molar-refractivity contribution in [1.82, 2.24) is 15.1 Å². The van der Waals surface area contributed by atoms with Gasteiger partial charge in [0.1, 0.15) is 0 Å². The van der Waals surface area contributed by atoms with Gasteiger partial charge in [-0.3, -0.25) is 9.89 Å². The van der Waals surface area contributed by atoms with Crippen molar-refractivity contribution in [2.24, 2.45) is 0 Å². The third-order valence-corrected chi connectivity index (χ3v) is 6.08. The van der Waals surface area contributed by atoms with Crippen LogP contribution in [0, 0.1) is 0 Å². The summed E-state index contributed by atoms with van der Waals surface area (Å²) in [5.74, 6) is 0.598. The molecule has 0 bridgehead atoms. The zero-order valence-corrected chi connectivity index (χ0v) is 13.9. The second kappa shape index (κ2) is 5.25. The highest BCUT2D eigenvalue weighted by atomic mass is 79.9. The number of nitrogens with one attached hydrogen (secondary N) is 1. The Labute approximate surface area is 135 Å². The molecular weight excluding hydrogens is 350 g/mol. The predicted molar refractivity (Wildman–Crippen MR) is 85.6 cm³/mol. The summed E-state index contributed by atoms with van der Waals surface area (Å²) in [6.07, 6.45) is 4.49. The maximum atomic E-state index is 12.8. The fourth-order valence-electron chi connectivity index (χ4n) is 3.05. The smallest absolute Gasteiger partial charge is 0.276 e. The van der Waals surface area contributed by atoms with E-state index in [0.29, 0.717) is 11.6 Å². The number of rotatable bonds is 3. The standard InChI is InChI=1S/C15H16BrN3OS/c16-12-13(9-5-6-9)17-18-14(12)15(20)19-7-1-3-10(19)11-4-2-8-21-11/h2,4,8-10H,1,3,5-7H2,(H,17,18)/t10-/m0/s1. The van der Waals surface area contributed by atoms with Gasteiger partial charge in [0.15, 0.2) is 5.69 Å². The molecule has 1 aliphatic carbocycles. The molecule has 1 atom stereocenters. The van der Waals surface area contributed by atoms with Crippen LogP contribution in [0.4, 0.5) is 0 Å². The van der Waals surface area contributed by atoms with Gasteiger partial charge < -0.3 is 4.90 Å². The summed E-state index contributed by atoms with van der Waals surface area (Å²) in [5, 5.41) is 9.40. The first kappa shape index (κ1) is 13.5. The first-order valence-corrected chi connectivity index (χ1v) is 9.01. The SMILES string of the molecule is O=C(c1n[nH]c(C2CC2)c1Br)N1CCC[C@H]1c1cccs1. The van der Waals surface area contributed by atoms with Crippen molar-refractivity contribution in [3.05, 3.63) is 38.3 Å². The van der Waals surface area contributed by atoms with E-state index >= 15 is 0 Å². The van der Waals surface area contributed by atoms with Gasteiger partial charge in [0.05, 0.1) is 16.2 Å². The van der Waals surface area contributed by atoms with Crippen LogP contribution in [0.2, 0.25) is 0 Å². The van der Waals surface area contributed by atoms with E-state index in [0.717, 1.165) is 29.6 Å². The van der Waals surface area contributed by atoms with E-state index in [1.54, 1.807) is 11.3 Å². The van der Waals surface area contributed by atoms with Gasteiger partial charge in [-0.2, -0.15) is 5.10 Å². The van der Waals surface area contributed by atoms with Crippen LogP contribution in [0.25, 0.3) is 0 Å². The summed E-state index contributed by atoms with van der Waals surface area (Å²) in [5.41, 5.74) is 1.63. The Balaban J connectivity index is 1.61. The van der Waals surface area contributed by atoms with Crippen LogP contribution < -0.4 is 0 Å². The highest BCUT2D eigenvalue weighted by molar-refractivity contribution is 9.10. The number of carbonyl (C=O) groups excluding carboxylic acids is 1. The molecule has 1 N–H and O–H groups in total. The average Bonchev–Trinajstić information content (AvgIpc) is 2.94. The summed E-state index contributed by atoms with van der Waals surface area (Å²) in [7, 11) is 0. The average molecular weight is 366 g/mol. The van der Waals surface area contributed by atoms with Gasteiger partial charge in [0.2, 0.25) is 0 Å². The van der Waals surface area contributed by atoms with Crippen LogP contribution >= 0.6 is 27.3 Å². The molecule has 2 aromatic heterocycles. The van der Waals surface area contributed by atoms with E-state index in [1.807, 2.05) is 4.90 Å². The molecule has 1 aliphatic heterocycles. The zero-order chi connectivity index (χ0) is 14.4. The second-order valence-electron chi connectivity index (χ2n) is 5.75.